The third-order valence-electron chi connectivity index (χ3n) is 2.76. The number of pyridine rings is 2. The van der Waals surface area contributed by atoms with Crippen molar-refractivity contribution in [1.29, 1.82) is 0 Å². The van der Waals surface area contributed by atoms with Gasteiger partial charge in [-0.2, -0.15) is 0 Å². The van der Waals surface area contributed by atoms with Crippen molar-refractivity contribution in [3.8, 4) is 0 Å². The molecule has 0 aliphatic carbocycles. The molecule has 3 N–H and O–H groups in total. The Balaban J connectivity index is 0.00000200. The highest BCUT2D eigenvalue weighted by molar-refractivity contribution is 5.91. The molecule has 0 atom stereocenters. The molecule has 108 valence electrons. The average molecular weight is 295 g/mol. The lowest BCUT2D eigenvalue weighted by Gasteiger charge is -2.14. The zero-order chi connectivity index (χ0) is 13.8. The van der Waals surface area contributed by atoms with Gasteiger partial charge in [-0.05, 0) is 18.1 Å². The number of anilines is 1. The Morgan fingerprint density at radius 2 is 2.15 bits per heavy atom. The first-order valence-electron chi connectivity index (χ1n) is 6.32. The summed E-state index contributed by atoms with van der Waals surface area (Å²) in [5, 5.41) is 3.35. The zero-order valence-corrected chi connectivity index (χ0v) is 12.4. The van der Waals surface area contributed by atoms with E-state index in [9.17, 15) is 4.79 Å². The van der Waals surface area contributed by atoms with Gasteiger partial charge in [0, 0.05) is 24.5 Å². The second-order valence-corrected chi connectivity index (χ2v) is 4.95. The van der Waals surface area contributed by atoms with E-state index in [4.69, 9.17) is 5.73 Å². The normalized spacial score (nSPS) is 10.3. The number of carbonyl (C=O) groups excluding carboxylic acids is 1. The Kier molecular flexibility index (Phi) is 5.70. The molecule has 2 heterocycles. The second-order valence-electron chi connectivity index (χ2n) is 4.95. The number of nitrogens with two attached hydrogens (primary N) is 1. The van der Waals surface area contributed by atoms with Crippen LogP contribution in [0.15, 0.2) is 24.5 Å². The molecule has 0 aliphatic heterocycles. The minimum atomic E-state index is -0.371. The third kappa shape index (κ3) is 3.81. The third-order valence-corrected chi connectivity index (χ3v) is 2.76. The molecule has 0 unspecified atom stereocenters. The molecule has 6 heteroatoms. The standard InChI is InChI=1S/C14H18N4O.ClH/c1-9(2)7-18-13-10(6-12(15)19)8-17-11-4-3-5-16-14(11)13;/h3-5,8-9H,6-7H2,1-2H3,(H2,15,19)(H,17,18);1H. The molecule has 0 bridgehead atoms. The summed E-state index contributed by atoms with van der Waals surface area (Å²) < 4.78 is 0. The molecule has 2 rings (SSSR count). The lowest BCUT2D eigenvalue weighted by Crippen LogP contribution is -2.17. The van der Waals surface area contributed by atoms with E-state index in [1.54, 1.807) is 12.4 Å². The topological polar surface area (TPSA) is 80.9 Å². The molecule has 0 radical (unpaired) electrons. The van der Waals surface area contributed by atoms with Gasteiger partial charge in [-0.25, -0.2) is 0 Å². The first-order valence-corrected chi connectivity index (χ1v) is 6.32. The molecule has 2 aromatic heterocycles. The molecule has 20 heavy (non-hydrogen) atoms. The van der Waals surface area contributed by atoms with Crippen molar-refractivity contribution in [2.45, 2.75) is 20.3 Å². The van der Waals surface area contributed by atoms with Gasteiger partial charge < -0.3 is 11.1 Å². The highest BCUT2D eigenvalue weighted by Crippen LogP contribution is 2.24. The molecule has 0 fully saturated rings. The van der Waals surface area contributed by atoms with Crippen molar-refractivity contribution in [1.82, 2.24) is 9.97 Å². The second kappa shape index (κ2) is 7.05. The first-order chi connectivity index (χ1) is 9.08. The quantitative estimate of drug-likeness (QED) is 0.885. The minimum absolute atomic E-state index is 0. The van der Waals surface area contributed by atoms with Crippen LogP contribution in [0.25, 0.3) is 11.0 Å². The van der Waals surface area contributed by atoms with Gasteiger partial charge in [-0.1, -0.05) is 13.8 Å². The van der Waals surface area contributed by atoms with Crippen LogP contribution < -0.4 is 11.1 Å². The van der Waals surface area contributed by atoms with Crippen LogP contribution in [0.5, 0.6) is 0 Å². The van der Waals surface area contributed by atoms with E-state index in [0.717, 1.165) is 28.8 Å². The van der Waals surface area contributed by atoms with Gasteiger partial charge in [-0.15, -0.1) is 12.4 Å². The van der Waals surface area contributed by atoms with E-state index in [2.05, 4.69) is 29.1 Å². The summed E-state index contributed by atoms with van der Waals surface area (Å²) in [6.07, 6.45) is 3.58. The van der Waals surface area contributed by atoms with Gasteiger partial charge in [0.15, 0.2) is 0 Å². The number of nitrogens with one attached hydrogen (secondary N) is 1. The lowest BCUT2D eigenvalue weighted by molar-refractivity contribution is -0.117. The zero-order valence-electron chi connectivity index (χ0n) is 11.6. The van der Waals surface area contributed by atoms with Crippen LogP contribution >= 0.6 is 12.4 Å². The monoisotopic (exact) mass is 294 g/mol. The first kappa shape index (κ1) is 16.2. The van der Waals surface area contributed by atoms with Crippen LogP contribution in [0.2, 0.25) is 0 Å². The van der Waals surface area contributed by atoms with Crippen molar-refractivity contribution < 1.29 is 4.79 Å². The summed E-state index contributed by atoms with van der Waals surface area (Å²) in [4.78, 5) is 19.8. The van der Waals surface area contributed by atoms with E-state index >= 15 is 0 Å². The van der Waals surface area contributed by atoms with Gasteiger partial charge >= 0.3 is 0 Å². The Labute approximate surface area is 124 Å². The molecular weight excluding hydrogens is 276 g/mol. The van der Waals surface area contributed by atoms with Crippen molar-refractivity contribution in [2.24, 2.45) is 11.7 Å². The predicted octanol–water partition coefficient (Wildman–Crippen LogP) is 2.15. The fourth-order valence-electron chi connectivity index (χ4n) is 1.88. The van der Waals surface area contributed by atoms with Crippen molar-refractivity contribution in [2.75, 3.05) is 11.9 Å². The van der Waals surface area contributed by atoms with Crippen LogP contribution in [-0.2, 0) is 11.2 Å². The summed E-state index contributed by atoms with van der Waals surface area (Å²) >= 11 is 0. The average Bonchev–Trinajstić information content (AvgIpc) is 2.36. The van der Waals surface area contributed by atoms with Crippen LogP contribution in [0.3, 0.4) is 0 Å². The van der Waals surface area contributed by atoms with E-state index in [1.165, 1.54) is 0 Å². The summed E-state index contributed by atoms with van der Waals surface area (Å²) in [5.41, 5.74) is 8.52. The molecular formula is C14H19ClN4O. The van der Waals surface area contributed by atoms with Crippen LogP contribution in [0.1, 0.15) is 19.4 Å². The fourth-order valence-corrected chi connectivity index (χ4v) is 1.88. The largest absolute Gasteiger partial charge is 0.383 e. The number of fused-ring (bicyclic) bond motifs is 1. The number of aromatic nitrogens is 2. The SMILES string of the molecule is CC(C)CNc1c(CC(N)=O)cnc2cccnc12.Cl. The summed E-state index contributed by atoms with van der Waals surface area (Å²) in [6, 6.07) is 3.74. The Hall–Kier alpha value is -1.88. The molecule has 1 amide bonds. The number of hydrogen-bond acceptors (Lipinski definition) is 4. The molecule has 0 spiro atoms. The lowest BCUT2D eigenvalue weighted by atomic mass is 10.1. The highest BCUT2D eigenvalue weighted by atomic mass is 35.5. The molecule has 5 nitrogen and oxygen atoms in total. The number of carbonyl (C=O) groups is 1. The summed E-state index contributed by atoms with van der Waals surface area (Å²) in [7, 11) is 0. The summed E-state index contributed by atoms with van der Waals surface area (Å²) in [6.45, 7) is 5.05. The van der Waals surface area contributed by atoms with Crippen LogP contribution in [-0.4, -0.2) is 22.4 Å². The number of amides is 1. The number of halogens is 1. The number of nitrogens with zero attached hydrogens (tertiary/aromatic N) is 2. The molecule has 0 saturated carbocycles. The number of rotatable bonds is 5. The summed E-state index contributed by atoms with van der Waals surface area (Å²) in [5.74, 6) is 0.123. The maximum Gasteiger partial charge on any atom is 0.221 e. The van der Waals surface area contributed by atoms with Gasteiger partial charge in [0.05, 0.1) is 17.6 Å². The van der Waals surface area contributed by atoms with Crippen molar-refractivity contribution >= 4 is 35.0 Å². The van der Waals surface area contributed by atoms with E-state index < -0.39 is 0 Å². The maximum absolute atomic E-state index is 11.1. The van der Waals surface area contributed by atoms with Crippen molar-refractivity contribution in [3.63, 3.8) is 0 Å². The number of primary amides is 1. The Morgan fingerprint density at radius 3 is 2.80 bits per heavy atom. The van der Waals surface area contributed by atoms with Gasteiger partial charge in [0.2, 0.25) is 5.91 Å². The molecule has 0 aliphatic rings. The Bertz CT molecular complexity index is 601. The maximum atomic E-state index is 11.1. The van der Waals surface area contributed by atoms with Gasteiger partial charge in [0.1, 0.15) is 5.52 Å². The molecule has 2 aromatic rings. The minimum Gasteiger partial charge on any atom is -0.383 e. The fraction of sp³-hybridized carbons (Fsp3) is 0.357. The Morgan fingerprint density at radius 1 is 1.40 bits per heavy atom. The van der Waals surface area contributed by atoms with E-state index in [0.29, 0.717) is 5.92 Å². The molecule has 0 aromatic carbocycles. The van der Waals surface area contributed by atoms with E-state index in [1.807, 2.05) is 12.1 Å². The predicted molar refractivity (Wildman–Crippen MR) is 83.0 cm³/mol. The van der Waals surface area contributed by atoms with Gasteiger partial charge in [-0.3, -0.25) is 14.8 Å². The van der Waals surface area contributed by atoms with Crippen molar-refractivity contribution in [3.05, 3.63) is 30.1 Å². The van der Waals surface area contributed by atoms with Crippen LogP contribution in [0, 0.1) is 5.92 Å². The smallest absolute Gasteiger partial charge is 0.221 e. The van der Waals surface area contributed by atoms with Crippen LogP contribution in [0.4, 0.5) is 5.69 Å². The van der Waals surface area contributed by atoms with Gasteiger partial charge in [0.25, 0.3) is 0 Å². The highest BCUT2D eigenvalue weighted by Gasteiger charge is 2.12. The van der Waals surface area contributed by atoms with E-state index in [-0.39, 0.29) is 24.7 Å². The molecule has 0 saturated heterocycles. The number of hydrogen-bond donors (Lipinski definition) is 2.